The number of nitrogens with zero attached hydrogens (tertiary/aromatic N) is 3. The summed E-state index contributed by atoms with van der Waals surface area (Å²) in [5.74, 6) is -0.287. The normalized spacial score (nSPS) is 12.1. The molecule has 30 heavy (non-hydrogen) atoms. The van der Waals surface area contributed by atoms with Crippen LogP contribution >= 0.6 is 11.3 Å². The van der Waals surface area contributed by atoms with Gasteiger partial charge in [-0.2, -0.15) is 0 Å². The topological polar surface area (TPSA) is 91.8 Å². The largest absolute Gasteiger partial charge is 0.351 e. The average Bonchev–Trinajstić information content (AvgIpc) is 3.09. The zero-order valence-corrected chi connectivity index (χ0v) is 18.3. The van der Waals surface area contributed by atoms with Crippen LogP contribution in [0, 0.1) is 12.7 Å². The average molecular weight is 431 g/mol. The Morgan fingerprint density at radius 1 is 1.20 bits per heavy atom. The van der Waals surface area contributed by atoms with Crippen LogP contribution in [-0.2, 0) is 0 Å². The summed E-state index contributed by atoms with van der Waals surface area (Å²) >= 11 is 1.50. The monoisotopic (exact) mass is 430 g/mol. The van der Waals surface area contributed by atoms with Crippen LogP contribution < -0.4 is 16.0 Å². The Hall–Kier alpha value is -2.65. The van der Waals surface area contributed by atoms with E-state index in [9.17, 15) is 9.18 Å². The highest BCUT2D eigenvalue weighted by molar-refractivity contribution is 7.19. The Kier molecular flexibility index (Phi) is 7.64. The van der Waals surface area contributed by atoms with E-state index in [0.29, 0.717) is 23.8 Å². The first-order chi connectivity index (χ1) is 14.5. The predicted molar refractivity (Wildman–Crippen MR) is 118 cm³/mol. The third kappa shape index (κ3) is 5.70. The van der Waals surface area contributed by atoms with Gasteiger partial charge in [0.05, 0.1) is 22.5 Å². The van der Waals surface area contributed by atoms with Crippen LogP contribution in [0.15, 0.2) is 24.5 Å². The Morgan fingerprint density at radius 3 is 2.77 bits per heavy atom. The molecule has 9 heteroatoms. The van der Waals surface area contributed by atoms with E-state index in [1.165, 1.54) is 17.4 Å². The van der Waals surface area contributed by atoms with Gasteiger partial charge in [-0.05, 0) is 57.5 Å². The number of carbonyl (C=O) groups is 1. The minimum Gasteiger partial charge on any atom is -0.351 e. The number of pyridine rings is 1. The van der Waals surface area contributed by atoms with Crippen molar-refractivity contribution in [3.05, 3.63) is 46.5 Å². The van der Waals surface area contributed by atoms with Crippen LogP contribution in [-0.4, -0.2) is 40.5 Å². The Balaban J connectivity index is 1.75. The third-order valence-electron chi connectivity index (χ3n) is 4.60. The summed E-state index contributed by atoms with van der Waals surface area (Å²) in [5.41, 5.74) is 1.75. The number of aryl methyl sites for hydroxylation is 1. The van der Waals surface area contributed by atoms with E-state index in [-0.39, 0.29) is 11.9 Å². The van der Waals surface area contributed by atoms with Crippen molar-refractivity contribution in [2.75, 3.05) is 25.0 Å². The highest BCUT2D eigenvalue weighted by atomic mass is 32.1. The second-order valence-corrected chi connectivity index (χ2v) is 8.34. The Morgan fingerprint density at radius 2 is 2.00 bits per heavy atom. The molecule has 0 fully saturated rings. The predicted octanol–water partition coefficient (Wildman–Crippen LogP) is 3.83. The lowest BCUT2D eigenvalue weighted by Crippen LogP contribution is -2.27. The molecule has 0 aromatic carbocycles. The Labute approximate surface area is 179 Å². The van der Waals surface area contributed by atoms with Gasteiger partial charge in [-0.15, -0.1) is 11.3 Å². The molecule has 3 heterocycles. The molecule has 3 rings (SSSR count). The molecule has 0 spiro atoms. The minimum absolute atomic E-state index is 0.212. The third-order valence-corrected chi connectivity index (χ3v) is 5.64. The van der Waals surface area contributed by atoms with Crippen LogP contribution in [0.4, 0.5) is 10.3 Å². The molecular formula is C21H27FN6OS. The van der Waals surface area contributed by atoms with E-state index < -0.39 is 5.82 Å². The maximum absolute atomic E-state index is 13.5. The van der Waals surface area contributed by atoms with Crippen LogP contribution in [0.25, 0.3) is 10.2 Å². The second-order valence-electron chi connectivity index (χ2n) is 7.09. The second kappa shape index (κ2) is 10.4. The molecule has 7 nitrogen and oxygen atoms in total. The molecule has 0 radical (unpaired) electrons. The SMILES string of the molecule is CCNCCCCNC(=O)c1nc(N[C@@H](C)c2cncc(F)c2)nc2cc(C)sc12. The number of anilines is 1. The van der Waals surface area contributed by atoms with E-state index in [0.717, 1.165) is 47.2 Å². The van der Waals surface area contributed by atoms with Crippen molar-refractivity contribution >= 4 is 33.4 Å². The van der Waals surface area contributed by atoms with Crippen LogP contribution in [0.5, 0.6) is 0 Å². The molecule has 3 N–H and O–H groups in total. The quantitative estimate of drug-likeness (QED) is 0.424. The van der Waals surface area contributed by atoms with Gasteiger partial charge >= 0.3 is 0 Å². The number of rotatable bonds is 10. The van der Waals surface area contributed by atoms with Crippen molar-refractivity contribution in [3.8, 4) is 0 Å². The van der Waals surface area contributed by atoms with Crippen molar-refractivity contribution < 1.29 is 9.18 Å². The van der Waals surface area contributed by atoms with Crippen molar-refractivity contribution in [3.63, 3.8) is 0 Å². The molecule has 0 aliphatic carbocycles. The maximum Gasteiger partial charge on any atom is 0.271 e. The van der Waals surface area contributed by atoms with Gasteiger partial charge in [-0.3, -0.25) is 9.78 Å². The molecular weight excluding hydrogens is 403 g/mol. The molecule has 0 saturated carbocycles. The maximum atomic E-state index is 13.5. The van der Waals surface area contributed by atoms with Gasteiger partial charge < -0.3 is 16.0 Å². The lowest BCUT2D eigenvalue weighted by Gasteiger charge is -2.15. The van der Waals surface area contributed by atoms with Crippen molar-refractivity contribution in [2.45, 2.75) is 39.7 Å². The molecule has 160 valence electrons. The first-order valence-corrected chi connectivity index (χ1v) is 10.9. The highest BCUT2D eigenvalue weighted by Gasteiger charge is 2.18. The van der Waals surface area contributed by atoms with Crippen molar-refractivity contribution in [1.29, 1.82) is 0 Å². The van der Waals surface area contributed by atoms with Gasteiger partial charge in [-0.1, -0.05) is 6.92 Å². The van der Waals surface area contributed by atoms with Gasteiger partial charge in [0.2, 0.25) is 5.95 Å². The van der Waals surface area contributed by atoms with Crippen molar-refractivity contribution in [1.82, 2.24) is 25.6 Å². The summed E-state index contributed by atoms with van der Waals surface area (Å²) in [4.78, 5) is 26.8. The lowest BCUT2D eigenvalue weighted by molar-refractivity contribution is 0.0950. The first-order valence-electron chi connectivity index (χ1n) is 10.1. The van der Waals surface area contributed by atoms with Crippen LogP contribution in [0.1, 0.15) is 53.7 Å². The minimum atomic E-state index is -0.403. The molecule has 1 amide bonds. The van der Waals surface area contributed by atoms with Gasteiger partial charge in [0.1, 0.15) is 5.82 Å². The number of thiophene rings is 1. The fourth-order valence-corrected chi connectivity index (χ4v) is 3.98. The number of unbranched alkanes of at least 4 members (excludes halogenated alkanes) is 1. The Bertz CT molecular complexity index is 1010. The van der Waals surface area contributed by atoms with Crippen LogP contribution in [0.2, 0.25) is 0 Å². The summed E-state index contributed by atoms with van der Waals surface area (Å²) in [7, 11) is 0. The zero-order valence-electron chi connectivity index (χ0n) is 17.5. The fourth-order valence-electron chi connectivity index (χ4n) is 3.05. The number of hydrogen-bond acceptors (Lipinski definition) is 7. The smallest absolute Gasteiger partial charge is 0.271 e. The van der Waals surface area contributed by atoms with Crippen LogP contribution in [0.3, 0.4) is 0 Å². The number of amides is 1. The molecule has 0 unspecified atom stereocenters. The molecule has 0 bridgehead atoms. The zero-order chi connectivity index (χ0) is 21.5. The number of aromatic nitrogens is 3. The van der Waals surface area contributed by atoms with E-state index >= 15 is 0 Å². The van der Waals surface area contributed by atoms with Gasteiger partial charge in [0.25, 0.3) is 5.91 Å². The molecule has 3 aromatic rings. The van der Waals surface area contributed by atoms with E-state index in [1.807, 2.05) is 19.9 Å². The number of carbonyl (C=O) groups excluding carboxylic acids is 1. The van der Waals surface area contributed by atoms with Gasteiger partial charge in [0, 0.05) is 17.6 Å². The molecule has 1 atom stereocenters. The standard InChI is InChI=1S/C21H27FN6OS/c1-4-23-7-5-6-8-25-20(29)18-19-17(9-13(2)30-19)27-21(28-18)26-14(3)15-10-16(22)12-24-11-15/h9-12,14,23H,4-8H2,1-3H3,(H,25,29)(H,26,27,28)/t14-/m0/s1. The summed E-state index contributed by atoms with van der Waals surface area (Å²) in [6, 6.07) is 3.08. The summed E-state index contributed by atoms with van der Waals surface area (Å²) in [5, 5.41) is 9.39. The molecule has 0 aliphatic rings. The van der Waals surface area contributed by atoms with E-state index in [2.05, 4.69) is 37.8 Å². The molecule has 0 saturated heterocycles. The van der Waals surface area contributed by atoms with Gasteiger partial charge in [-0.25, -0.2) is 14.4 Å². The number of fused-ring (bicyclic) bond motifs is 1. The molecule has 3 aromatic heterocycles. The van der Waals surface area contributed by atoms with E-state index in [4.69, 9.17) is 0 Å². The lowest BCUT2D eigenvalue weighted by atomic mass is 10.1. The number of halogens is 1. The van der Waals surface area contributed by atoms with Gasteiger partial charge in [0.15, 0.2) is 5.69 Å². The number of nitrogens with one attached hydrogen (secondary N) is 3. The molecule has 0 aliphatic heterocycles. The van der Waals surface area contributed by atoms with Crippen molar-refractivity contribution in [2.24, 2.45) is 0 Å². The summed E-state index contributed by atoms with van der Waals surface area (Å²) < 4.78 is 14.3. The fraction of sp³-hybridized carbons (Fsp3) is 0.429. The summed E-state index contributed by atoms with van der Waals surface area (Å²) in [6.07, 6.45) is 4.64. The highest BCUT2D eigenvalue weighted by Crippen LogP contribution is 2.28. The first kappa shape index (κ1) is 22.0. The van der Waals surface area contributed by atoms with E-state index in [1.54, 1.807) is 6.20 Å². The number of hydrogen-bond donors (Lipinski definition) is 3. The summed E-state index contributed by atoms with van der Waals surface area (Å²) in [6.45, 7) is 8.39.